The van der Waals surface area contributed by atoms with E-state index in [1.165, 1.54) is 11.8 Å². The number of hydrogen-bond acceptors (Lipinski definition) is 4. The summed E-state index contributed by atoms with van der Waals surface area (Å²) in [5, 5.41) is 2.80. The molecule has 1 N–H and O–H groups in total. The van der Waals surface area contributed by atoms with Crippen molar-refractivity contribution >= 4 is 29.3 Å². The Morgan fingerprint density at radius 1 is 1.12 bits per heavy atom. The molecule has 2 rings (SSSR count). The summed E-state index contributed by atoms with van der Waals surface area (Å²) >= 11 is 1.46. The van der Waals surface area contributed by atoms with E-state index in [4.69, 9.17) is 4.74 Å². The van der Waals surface area contributed by atoms with Crippen LogP contribution in [-0.4, -0.2) is 24.2 Å². The van der Waals surface area contributed by atoms with Gasteiger partial charge in [0.2, 0.25) is 0 Å². The summed E-state index contributed by atoms with van der Waals surface area (Å²) in [6.45, 7) is 5.48. The SMILES string of the molecule is CSc1ccccc1C(=O)O[C@H](C)C(=O)Nc1ccc(C)cc1C. The minimum absolute atomic E-state index is 0.350. The lowest BCUT2D eigenvalue weighted by Gasteiger charge is -2.15. The van der Waals surface area contributed by atoms with Gasteiger partial charge in [-0.15, -0.1) is 11.8 Å². The monoisotopic (exact) mass is 343 g/mol. The highest BCUT2D eigenvalue weighted by molar-refractivity contribution is 7.98. The number of ether oxygens (including phenoxy) is 1. The molecular weight excluding hydrogens is 322 g/mol. The number of nitrogens with one attached hydrogen (secondary N) is 1. The maximum Gasteiger partial charge on any atom is 0.340 e. The molecule has 0 spiro atoms. The number of rotatable bonds is 5. The molecule has 0 aromatic heterocycles. The first-order valence-corrected chi connectivity index (χ1v) is 8.87. The van der Waals surface area contributed by atoms with Crippen molar-refractivity contribution in [2.45, 2.75) is 31.8 Å². The van der Waals surface area contributed by atoms with Gasteiger partial charge in [0.1, 0.15) is 0 Å². The van der Waals surface area contributed by atoms with E-state index in [2.05, 4.69) is 5.32 Å². The number of thioether (sulfide) groups is 1. The Bertz CT molecular complexity index is 758. The molecule has 0 heterocycles. The average molecular weight is 343 g/mol. The zero-order valence-electron chi connectivity index (χ0n) is 14.3. The summed E-state index contributed by atoms with van der Waals surface area (Å²) in [4.78, 5) is 25.4. The molecular formula is C19H21NO3S. The van der Waals surface area contributed by atoms with Crippen LogP contribution in [0.4, 0.5) is 5.69 Å². The smallest absolute Gasteiger partial charge is 0.340 e. The van der Waals surface area contributed by atoms with E-state index < -0.39 is 12.1 Å². The van der Waals surface area contributed by atoms with Gasteiger partial charge < -0.3 is 10.1 Å². The van der Waals surface area contributed by atoms with Crippen molar-refractivity contribution in [3.05, 3.63) is 59.2 Å². The van der Waals surface area contributed by atoms with Crippen LogP contribution in [0.3, 0.4) is 0 Å². The van der Waals surface area contributed by atoms with Crippen molar-refractivity contribution in [3.63, 3.8) is 0 Å². The predicted octanol–water partition coefficient (Wildman–Crippen LogP) is 4.21. The molecule has 1 amide bonds. The van der Waals surface area contributed by atoms with Crippen LogP contribution in [0, 0.1) is 13.8 Å². The summed E-state index contributed by atoms with van der Waals surface area (Å²) < 4.78 is 5.31. The molecule has 1 atom stereocenters. The molecule has 5 heteroatoms. The highest BCUT2D eigenvalue weighted by atomic mass is 32.2. The van der Waals surface area contributed by atoms with Gasteiger partial charge in [0, 0.05) is 10.6 Å². The van der Waals surface area contributed by atoms with Gasteiger partial charge in [0.15, 0.2) is 6.10 Å². The molecule has 0 fully saturated rings. The van der Waals surface area contributed by atoms with Crippen LogP contribution in [0.2, 0.25) is 0 Å². The van der Waals surface area contributed by atoms with Gasteiger partial charge in [0.05, 0.1) is 5.56 Å². The lowest BCUT2D eigenvalue weighted by Crippen LogP contribution is -2.30. The van der Waals surface area contributed by atoms with Gasteiger partial charge in [-0.2, -0.15) is 0 Å². The fourth-order valence-corrected chi connectivity index (χ4v) is 2.86. The Morgan fingerprint density at radius 2 is 1.83 bits per heavy atom. The minimum atomic E-state index is -0.881. The highest BCUT2D eigenvalue weighted by Gasteiger charge is 2.21. The third-order valence-corrected chi connectivity index (χ3v) is 4.42. The number of benzene rings is 2. The van der Waals surface area contributed by atoms with Crippen LogP contribution in [-0.2, 0) is 9.53 Å². The maximum absolute atomic E-state index is 12.3. The van der Waals surface area contributed by atoms with Crippen LogP contribution >= 0.6 is 11.8 Å². The number of hydrogen-bond donors (Lipinski definition) is 1. The fraction of sp³-hybridized carbons (Fsp3) is 0.263. The molecule has 0 aliphatic carbocycles. The number of carbonyl (C=O) groups excluding carboxylic acids is 2. The third kappa shape index (κ3) is 4.38. The van der Waals surface area contributed by atoms with Gasteiger partial charge in [-0.3, -0.25) is 4.79 Å². The second kappa shape index (κ2) is 8.02. The molecule has 24 heavy (non-hydrogen) atoms. The Balaban J connectivity index is 2.04. The largest absolute Gasteiger partial charge is 0.449 e. The third-order valence-electron chi connectivity index (χ3n) is 3.62. The van der Waals surface area contributed by atoms with Crippen LogP contribution in [0.5, 0.6) is 0 Å². The van der Waals surface area contributed by atoms with E-state index in [1.54, 1.807) is 19.1 Å². The lowest BCUT2D eigenvalue weighted by atomic mass is 10.1. The second-order valence-electron chi connectivity index (χ2n) is 5.56. The van der Waals surface area contributed by atoms with Crippen LogP contribution < -0.4 is 5.32 Å². The first-order valence-electron chi connectivity index (χ1n) is 7.64. The molecule has 4 nitrogen and oxygen atoms in total. The standard InChI is InChI=1S/C19H21NO3S/c1-12-9-10-16(13(2)11-12)20-18(21)14(3)23-19(22)15-7-5-6-8-17(15)24-4/h5-11,14H,1-4H3,(H,20,21)/t14-/m1/s1. The Morgan fingerprint density at radius 3 is 2.50 bits per heavy atom. The fourth-order valence-electron chi connectivity index (χ4n) is 2.28. The van der Waals surface area contributed by atoms with Crippen molar-refractivity contribution in [2.75, 3.05) is 11.6 Å². The summed E-state index contributed by atoms with van der Waals surface area (Å²) in [6, 6.07) is 12.9. The summed E-state index contributed by atoms with van der Waals surface area (Å²) in [5.41, 5.74) is 3.28. The number of amides is 1. The molecule has 2 aromatic rings. The first kappa shape index (κ1) is 18.1. The van der Waals surface area contributed by atoms with Crippen molar-refractivity contribution < 1.29 is 14.3 Å². The quantitative estimate of drug-likeness (QED) is 0.653. The van der Waals surface area contributed by atoms with E-state index in [-0.39, 0.29) is 5.91 Å². The lowest BCUT2D eigenvalue weighted by molar-refractivity contribution is -0.123. The van der Waals surface area contributed by atoms with E-state index >= 15 is 0 Å². The summed E-state index contributed by atoms with van der Waals surface area (Å²) in [6.07, 6.45) is 1.01. The van der Waals surface area contributed by atoms with E-state index in [0.29, 0.717) is 5.56 Å². The second-order valence-corrected chi connectivity index (χ2v) is 6.40. The first-order chi connectivity index (χ1) is 11.4. The van der Waals surface area contributed by atoms with Crippen LogP contribution in [0.15, 0.2) is 47.4 Å². The highest BCUT2D eigenvalue weighted by Crippen LogP contribution is 2.21. The van der Waals surface area contributed by atoms with E-state index in [1.807, 2.05) is 50.4 Å². The van der Waals surface area contributed by atoms with Crippen molar-refractivity contribution in [3.8, 4) is 0 Å². The molecule has 2 aromatic carbocycles. The number of aryl methyl sites for hydroxylation is 2. The Labute approximate surface area is 146 Å². The van der Waals surface area contributed by atoms with Gasteiger partial charge in [-0.1, -0.05) is 29.8 Å². The van der Waals surface area contributed by atoms with Gasteiger partial charge >= 0.3 is 5.97 Å². The zero-order valence-corrected chi connectivity index (χ0v) is 15.1. The predicted molar refractivity (Wildman–Crippen MR) is 97.6 cm³/mol. The Hall–Kier alpha value is -2.27. The van der Waals surface area contributed by atoms with Gasteiger partial charge in [0.25, 0.3) is 5.91 Å². The summed E-state index contributed by atoms with van der Waals surface area (Å²) in [5.74, 6) is -0.847. The molecule has 0 saturated heterocycles. The summed E-state index contributed by atoms with van der Waals surface area (Å²) in [7, 11) is 0. The molecule has 126 valence electrons. The van der Waals surface area contributed by atoms with E-state index in [9.17, 15) is 9.59 Å². The molecule has 0 aliphatic heterocycles. The maximum atomic E-state index is 12.3. The molecule has 0 radical (unpaired) electrons. The number of carbonyl (C=O) groups is 2. The average Bonchev–Trinajstić information content (AvgIpc) is 2.57. The Kier molecular flexibility index (Phi) is 6.04. The van der Waals surface area contributed by atoms with Gasteiger partial charge in [-0.05, 0) is 50.8 Å². The topological polar surface area (TPSA) is 55.4 Å². The van der Waals surface area contributed by atoms with Crippen LogP contribution in [0.1, 0.15) is 28.4 Å². The van der Waals surface area contributed by atoms with Crippen molar-refractivity contribution in [2.24, 2.45) is 0 Å². The number of anilines is 1. The molecule has 0 bridgehead atoms. The van der Waals surface area contributed by atoms with Crippen molar-refractivity contribution in [1.82, 2.24) is 0 Å². The molecule has 0 saturated carbocycles. The zero-order chi connectivity index (χ0) is 17.7. The normalized spacial score (nSPS) is 11.7. The minimum Gasteiger partial charge on any atom is -0.449 e. The van der Waals surface area contributed by atoms with Crippen LogP contribution in [0.25, 0.3) is 0 Å². The molecule has 0 aliphatic rings. The molecule has 0 unspecified atom stereocenters. The van der Waals surface area contributed by atoms with Gasteiger partial charge in [-0.25, -0.2) is 4.79 Å². The number of esters is 1. The van der Waals surface area contributed by atoms with E-state index in [0.717, 1.165) is 21.7 Å². The van der Waals surface area contributed by atoms with Crippen molar-refractivity contribution in [1.29, 1.82) is 0 Å².